The molecule has 116 valence electrons. The van der Waals surface area contributed by atoms with Crippen LogP contribution in [0, 0.1) is 0 Å². The smallest absolute Gasteiger partial charge is 0.322 e. The molecule has 0 heterocycles. The van der Waals surface area contributed by atoms with Crippen LogP contribution < -0.4 is 10.1 Å². The van der Waals surface area contributed by atoms with E-state index in [1.54, 1.807) is 26.1 Å². The molecule has 5 heteroatoms. The number of aliphatic hydroxyl groups is 1. The molecule has 0 aliphatic rings. The highest BCUT2D eigenvalue weighted by atomic mass is 16.5. The van der Waals surface area contributed by atoms with Crippen LogP contribution in [0.4, 0.5) is 10.5 Å². The molecule has 1 atom stereocenters. The molecule has 0 bridgehead atoms. The Balaban J connectivity index is 2.13. The lowest BCUT2D eigenvalue weighted by Crippen LogP contribution is -2.40. The lowest BCUT2D eigenvalue weighted by Gasteiger charge is -2.24. The fourth-order valence-electron chi connectivity index (χ4n) is 1.80. The van der Waals surface area contributed by atoms with E-state index < -0.39 is 0 Å². The summed E-state index contributed by atoms with van der Waals surface area (Å²) in [5.41, 5.74) is 0.577. The lowest BCUT2D eigenvalue weighted by atomic mass is 10.3. The fourth-order valence-corrected chi connectivity index (χ4v) is 1.80. The van der Waals surface area contributed by atoms with Crippen molar-refractivity contribution in [3.05, 3.63) is 54.6 Å². The number of aliphatic hydroxyl groups excluding tert-OH is 1. The first kappa shape index (κ1) is 15.9. The van der Waals surface area contributed by atoms with Crippen LogP contribution in [0.3, 0.4) is 0 Å². The van der Waals surface area contributed by atoms with Crippen molar-refractivity contribution in [2.45, 2.75) is 13.0 Å². The Bertz CT molecular complexity index is 616. The van der Waals surface area contributed by atoms with Gasteiger partial charge in [-0.15, -0.1) is 0 Å². The number of carbonyl (C=O) groups excluding carboxylic acids is 1. The van der Waals surface area contributed by atoms with Gasteiger partial charge in [0.2, 0.25) is 0 Å². The number of rotatable bonds is 5. The number of anilines is 1. The van der Waals surface area contributed by atoms with E-state index in [-0.39, 0.29) is 18.7 Å². The highest BCUT2D eigenvalue weighted by molar-refractivity contribution is 5.91. The maximum absolute atomic E-state index is 12.2. The van der Waals surface area contributed by atoms with E-state index in [0.29, 0.717) is 17.2 Å². The van der Waals surface area contributed by atoms with Gasteiger partial charge in [-0.25, -0.2) is 4.79 Å². The van der Waals surface area contributed by atoms with Crippen molar-refractivity contribution in [1.29, 1.82) is 0 Å². The summed E-state index contributed by atoms with van der Waals surface area (Å²) in [6.07, 6.45) is 0. The van der Waals surface area contributed by atoms with Crippen LogP contribution in [0.25, 0.3) is 0 Å². The zero-order chi connectivity index (χ0) is 15.9. The molecule has 22 heavy (non-hydrogen) atoms. The molecule has 0 aliphatic heterocycles. The van der Waals surface area contributed by atoms with Gasteiger partial charge in [-0.1, -0.05) is 30.3 Å². The Morgan fingerprint density at radius 3 is 2.50 bits per heavy atom. The topological polar surface area (TPSA) is 61.8 Å². The van der Waals surface area contributed by atoms with Crippen molar-refractivity contribution in [3.63, 3.8) is 0 Å². The number of para-hydroxylation sites is 3. The van der Waals surface area contributed by atoms with Gasteiger partial charge < -0.3 is 20.1 Å². The minimum absolute atomic E-state index is 0.0912. The number of ether oxygens (including phenoxy) is 1. The summed E-state index contributed by atoms with van der Waals surface area (Å²) in [6, 6.07) is 16.0. The highest BCUT2D eigenvalue weighted by Crippen LogP contribution is 2.29. The highest BCUT2D eigenvalue weighted by Gasteiger charge is 2.16. The van der Waals surface area contributed by atoms with Gasteiger partial charge in [0.25, 0.3) is 0 Å². The van der Waals surface area contributed by atoms with Crippen molar-refractivity contribution >= 4 is 11.7 Å². The summed E-state index contributed by atoms with van der Waals surface area (Å²) >= 11 is 0. The van der Waals surface area contributed by atoms with Crippen molar-refractivity contribution in [1.82, 2.24) is 4.90 Å². The second-order valence-corrected chi connectivity index (χ2v) is 4.98. The summed E-state index contributed by atoms with van der Waals surface area (Å²) in [6.45, 7) is 1.68. The lowest BCUT2D eigenvalue weighted by molar-refractivity contribution is 0.166. The Kier molecular flexibility index (Phi) is 5.38. The standard InChI is InChI=1S/C17H20N2O3/c1-13(12-20)19(2)17(21)18-15-10-6-7-11-16(15)22-14-8-4-3-5-9-14/h3-11,13,20H,12H2,1-2H3,(H,18,21). The molecule has 2 amide bonds. The third-order valence-electron chi connectivity index (χ3n) is 3.35. The molecule has 2 aromatic rings. The minimum atomic E-state index is -0.300. The van der Waals surface area contributed by atoms with Gasteiger partial charge in [0.15, 0.2) is 5.75 Å². The predicted molar refractivity (Wildman–Crippen MR) is 86.3 cm³/mol. The molecule has 0 radical (unpaired) electrons. The fraction of sp³-hybridized carbons (Fsp3) is 0.235. The normalized spacial score (nSPS) is 11.6. The number of likely N-dealkylation sites (N-methyl/N-ethyl adjacent to an activating group) is 1. The minimum Gasteiger partial charge on any atom is -0.455 e. The summed E-state index contributed by atoms with van der Waals surface area (Å²) in [5.74, 6) is 1.26. The van der Waals surface area contributed by atoms with E-state index in [4.69, 9.17) is 9.84 Å². The van der Waals surface area contributed by atoms with E-state index in [1.807, 2.05) is 42.5 Å². The Morgan fingerprint density at radius 1 is 1.18 bits per heavy atom. The SMILES string of the molecule is CC(CO)N(C)C(=O)Nc1ccccc1Oc1ccccc1. The molecule has 0 aliphatic carbocycles. The van der Waals surface area contributed by atoms with E-state index in [0.717, 1.165) is 0 Å². The number of amides is 2. The van der Waals surface area contributed by atoms with Gasteiger partial charge in [0.1, 0.15) is 5.75 Å². The Morgan fingerprint density at radius 2 is 1.82 bits per heavy atom. The van der Waals surface area contributed by atoms with Crippen molar-refractivity contribution < 1.29 is 14.6 Å². The number of hydrogen-bond donors (Lipinski definition) is 2. The van der Waals surface area contributed by atoms with E-state index in [1.165, 1.54) is 4.90 Å². The Hall–Kier alpha value is -2.53. The van der Waals surface area contributed by atoms with Crippen LogP contribution >= 0.6 is 0 Å². The van der Waals surface area contributed by atoms with Gasteiger partial charge in [-0.3, -0.25) is 0 Å². The molecule has 0 saturated heterocycles. The van der Waals surface area contributed by atoms with Crippen LogP contribution in [-0.4, -0.2) is 35.7 Å². The molecule has 2 N–H and O–H groups in total. The molecule has 0 spiro atoms. The number of hydrogen-bond acceptors (Lipinski definition) is 3. The Labute approximate surface area is 130 Å². The zero-order valence-electron chi connectivity index (χ0n) is 12.7. The summed E-state index contributed by atoms with van der Waals surface area (Å²) in [4.78, 5) is 13.6. The number of urea groups is 1. The second-order valence-electron chi connectivity index (χ2n) is 4.98. The monoisotopic (exact) mass is 300 g/mol. The first-order chi connectivity index (χ1) is 10.6. The molecular formula is C17H20N2O3. The number of carbonyl (C=O) groups is 1. The molecule has 0 saturated carbocycles. The summed E-state index contributed by atoms with van der Waals surface area (Å²) in [5, 5.41) is 11.9. The van der Waals surface area contributed by atoms with Crippen molar-refractivity contribution in [2.24, 2.45) is 0 Å². The van der Waals surface area contributed by atoms with Crippen LogP contribution in [0.15, 0.2) is 54.6 Å². The van der Waals surface area contributed by atoms with E-state index in [9.17, 15) is 4.79 Å². The predicted octanol–water partition coefficient (Wildman–Crippen LogP) is 3.32. The van der Waals surface area contributed by atoms with Gasteiger partial charge >= 0.3 is 6.03 Å². The molecular weight excluding hydrogens is 280 g/mol. The number of benzene rings is 2. The summed E-state index contributed by atoms with van der Waals surface area (Å²) < 4.78 is 5.79. The first-order valence-corrected chi connectivity index (χ1v) is 7.08. The van der Waals surface area contributed by atoms with Gasteiger partial charge in [0.05, 0.1) is 18.3 Å². The molecule has 1 unspecified atom stereocenters. The van der Waals surface area contributed by atoms with Crippen LogP contribution in [0.5, 0.6) is 11.5 Å². The number of nitrogens with one attached hydrogen (secondary N) is 1. The third kappa shape index (κ3) is 3.99. The molecule has 0 aromatic heterocycles. The van der Waals surface area contributed by atoms with Crippen LogP contribution in [0.2, 0.25) is 0 Å². The largest absolute Gasteiger partial charge is 0.455 e. The van der Waals surface area contributed by atoms with Gasteiger partial charge in [-0.2, -0.15) is 0 Å². The average molecular weight is 300 g/mol. The molecule has 2 rings (SSSR count). The third-order valence-corrected chi connectivity index (χ3v) is 3.35. The van der Waals surface area contributed by atoms with Crippen molar-refractivity contribution in [3.8, 4) is 11.5 Å². The maximum atomic E-state index is 12.2. The zero-order valence-corrected chi connectivity index (χ0v) is 12.7. The van der Waals surface area contributed by atoms with Crippen molar-refractivity contribution in [2.75, 3.05) is 19.0 Å². The van der Waals surface area contributed by atoms with Crippen LogP contribution in [-0.2, 0) is 0 Å². The van der Waals surface area contributed by atoms with Crippen LogP contribution in [0.1, 0.15) is 6.92 Å². The molecule has 0 fully saturated rings. The quantitative estimate of drug-likeness (QED) is 0.890. The number of nitrogens with zero attached hydrogens (tertiary/aromatic N) is 1. The maximum Gasteiger partial charge on any atom is 0.322 e. The summed E-state index contributed by atoms with van der Waals surface area (Å²) in [7, 11) is 1.64. The van der Waals surface area contributed by atoms with E-state index >= 15 is 0 Å². The molecule has 2 aromatic carbocycles. The second kappa shape index (κ2) is 7.47. The van der Waals surface area contributed by atoms with Gasteiger partial charge in [0, 0.05) is 7.05 Å². The molecule has 5 nitrogen and oxygen atoms in total. The van der Waals surface area contributed by atoms with Gasteiger partial charge in [-0.05, 0) is 31.2 Å². The average Bonchev–Trinajstić information content (AvgIpc) is 2.56. The first-order valence-electron chi connectivity index (χ1n) is 7.08. The van der Waals surface area contributed by atoms with E-state index in [2.05, 4.69) is 5.32 Å².